The molecule has 0 spiro atoms. The molecule has 0 aromatic heterocycles. The minimum atomic E-state index is -0.764. The SMILES string of the molecule is CCC(C)CCCCCCCCC(=O)OC[C@@H](COC(=O)CCCCCCCCCCCCCCCCCC(C)C)OC(=O)CCCCCCCCCCCCCCCCCCC(C)C. The van der Waals surface area contributed by atoms with Crippen LogP contribution in [0.25, 0.3) is 0 Å². The molecule has 0 aliphatic carbocycles. The number of ether oxygens (including phenoxy) is 3. The Morgan fingerprint density at radius 3 is 0.800 bits per heavy atom. The molecule has 1 unspecified atom stereocenters. The largest absolute Gasteiger partial charge is 0.462 e. The summed E-state index contributed by atoms with van der Waals surface area (Å²) in [7, 11) is 0. The van der Waals surface area contributed by atoms with E-state index in [2.05, 4.69) is 41.5 Å². The molecule has 0 saturated heterocycles. The second kappa shape index (κ2) is 50.3. The summed E-state index contributed by atoms with van der Waals surface area (Å²) in [5.74, 6) is 1.67. The molecule has 0 fully saturated rings. The molecule has 0 aromatic carbocycles. The van der Waals surface area contributed by atoms with Crippen molar-refractivity contribution in [2.24, 2.45) is 17.8 Å². The van der Waals surface area contributed by atoms with Gasteiger partial charge in [0.05, 0.1) is 0 Å². The molecule has 0 saturated carbocycles. The third-order valence-electron chi connectivity index (χ3n) is 13.8. The quantitative estimate of drug-likeness (QED) is 0.0344. The van der Waals surface area contributed by atoms with Crippen molar-refractivity contribution in [1.29, 1.82) is 0 Å². The second-order valence-corrected chi connectivity index (χ2v) is 21.5. The molecule has 0 bridgehead atoms. The van der Waals surface area contributed by atoms with Crippen LogP contribution < -0.4 is 0 Å². The van der Waals surface area contributed by atoms with Crippen molar-refractivity contribution < 1.29 is 28.6 Å². The molecular weight excluding hydrogens is 805 g/mol. The number of unbranched alkanes of at least 4 members (excludes halogenated alkanes) is 34. The van der Waals surface area contributed by atoms with Crippen molar-refractivity contribution in [3.63, 3.8) is 0 Å². The average Bonchev–Trinajstić information content (AvgIpc) is 3.28. The van der Waals surface area contributed by atoms with E-state index >= 15 is 0 Å². The highest BCUT2D eigenvalue weighted by Gasteiger charge is 2.19. The van der Waals surface area contributed by atoms with Gasteiger partial charge in [-0.05, 0) is 37.0 Å². The number of esters is 3. The maximum absolute atomic E-state index is 12.8. The van der Waals surface area contributed by atoms with Crippen LogP contribution in [-0.2, 0) is 28.6 Å². The molecule has 6 nitrogen and oxygen atoms in total. The van der Waals surface area contributed by atoms with Gasteiger partial charge in [0.2, 0.25) is 0 Å². The van der Waals surface area contributed by atoms with E-state index in [-0.39, 0.29) is 31.1 Å². The zero-order valence-corrected chi connectivity index (χ0v) is 44.8. The van der Waals surface area contributed by atoms with Gasteiger partial charge in [-0.3, -0.25) is 14.4 Å². The Labute approximate surface area is 406 Å². The summed E-state index contributed by atoms with van der Waals surface area (Å²) in [5, 5.41) is 0. The molecule has 65 heavy (non-hydrogen) atoms. The van der Waals surface area contributed by atoms with Gasteiger partial charge < -0.3 is 14.2 Å². The zero-order chi connectivity index (χ0) is 47.7. The van der Waals surface area contributed by atoms with Crippen molar-refractivity contribution >= 4 is 17.9 Å². The van der Waals surface area contributed by atoms with E-state index in [0.717, 1.165) is 75.5 Å². The molecule has 6 heteroatoms. The second-order valence-electron chi connectivity index (χ2n) is 21.5. The fourth-order valence-electron chi connectivity index (χ4n) is 8.97. The first-order chi connectivity index (χ1) is 31.6. The summed E-state index contributed by atoms with van der Waals surface area (Å²) in [6.07, 6.45) is 52.4. The third kappa shape index (κ3) is 51.6. The molecule has 0 radical (unpaired) electrons. The van der Waals surface area contributed by atoms with Gasteiger partial charge in [0.15, 0.2) is 6.10 Å². The molecule has 0 N–H and O–H groups in total. The van der Waals surface area contributed by atoms with Gasteiger partial charge in [0, 0.05) is 19.3 Å². The lowest BCUT2D eigenvalue weighted by Gasteiger charge is -2.18. The summed E-state index contributed by atoms with van der Waals surface area (Å²) in [6, 6.07) is 0. The van der Waals surface area contributed by atoms with Gasteiger partial charge in [-0.2, -0.15) is 0 Å². The van der Waals surface area contributed by atoms with Crippen LogP contribution in [0.3, 0.4) is 0 Å². The summed E-state index contributed by atoms with van der Waals surface area (Å²) < 4.78 is 16.9. The van der Waals surface area contributed by atoms with E-state index in [1.807, 2.05) is 0 Å². The number of carbonyl (C=O) groups is 3. The predicted molar refractivity (Wildman–Crippen MR) is 279 cm³/mol. The van der Waals surface area contributed by atoms with E-state index < -0.39 is 6.10 Å². The van der Waals surface area contributed by atoms with E-state index in [9.17, 15) is 14.4 Å². The first kappa shape index (κ1) is 63.4. The predicted octanol–water partition coefficient (Wildman–Crippen LogP) is 19.1. The van der Waals surface area contributed by atoms with Gasteiger partial charge in [-0.15, -0.1) is 0 Å². The maximum Gasteiger partial charge on any atom is 0.306 e. The molecule has 0 heterocycles. The van der Waals surface area contributed by atoms with Gasteiger partial charge in [-0.1, -0.05) is 286 Å². The lowest BCUT2D eigenvalue weighted by Crippen LogP contribution is -2.30. The van der Waals surface area contributed by atoms with E-state index in [0.29, 0.717) is 19.3 Å². The highest BCUT2D eigenvalue weighted by Crippen LogP contribution is 2.19. The van der Waals surface area contributed by atoms with Crippen LogP contribution in [-0.4, -0.2) is 37.2 Å². The number of hydrogen-bond donors (Lipinski definition) is 0. The smallest absolute Gasteiger partial charge is 0.306 e. The monoisotopic (exact) mass is 919 g/mol. The molecule has 0 amide bonds. The number of hydrogen-bond acceptors (Lipinski definition) is 6. The summed E-state index contributed by atoms with van der Waals surface area (Å²) in [5.41, 5.74) is 0. The maximum atomic E-state index is 12.8. The van der Waals surface area contributed by atoms with Crippen LogP contribution in [0.2, 0.25) is 0 Å². The van der Waals surface area contributed by atoms with Crippen molar-refractivity contribution in [1.82, 2.24) is 0 Å². The Morgan fingerprint density at radius 1 is 0.308 bits per heavy atom. The molecule has 2 atom stereocenters. The fraction of sp³-hybridized carbons (Fsp3) is 0.949. The van der Waals surface area contributed by atoms with Gasteiger partial charge in [-0.25, -0.2) is 0 Å². The topological polar surface area (TPSA) is 78.9 Å². The normalized spacial score (nSPS) is 12.6. The Bertz CT molecular complexity index is 1010. The first-order valence-corrected chi connectivity index (χ1v) is 29.1. The Hall–Kier alpha value is -1.59. The van der Waals surface area contributed by atoms with E-state index in [4.69, 9.17) is 14.2 Å². The highest BCUT2D eigenvalue weighted by atomic mass is 16.6. The Kier molecular flexibility index (Phi) is 49.1. The molecule has 0 aliphatic rings. The van der Waals surface area contributed by atoms with Crippen molar-refractivity contribution in [2.45, 2.75) is 330 Å². The van der Waals surface area contributed by atoms with Crippen LogP contribution in [0.1, 0.15) is 324 Å². The Morgan fingerprint density at radius 2 is 0.538 bits per heavy atom. The zero-order valence-electron chi connectivity index (χ0n) is 44.8. The van der Waals surface area contributed by atoms with Crippen molar-refractivity contribution in [2.75, 3.05) is 13.2 Å². The molecule has 0 rings (SSSR count). The van der Waals surface area contributed by atoms with Crippen molar-refractivity contribution in [3.05, 3.63) is 0 Å². The minimum Gasteiger partial charge on any atom is -0.462 e. The highest BCUT2D eigenvalue weighted by molar-refractivity contribution is 5.71. The van der Waals surface area contributed by atoms with Gasteiger partial charge in [0.25, 0.3) is 0 Å². The first-order valence-electron chi connectivity index (χ1n) is 29.1. The van der Waals surface area contributed by atoms with Crippen LogP contribution in [0, 0.1) is 17.8 Å². The van der Waals surface area contributed by atoms with Gasteiger partial charge in [0.1, 0.15) is 13.2 Å². The molecular formula is C59H114O6. The fourth-order valence-corrected chi connectivity index (χ4v) is 8.97. The number of rotatable bonds is 52. The van der Waals surface area contributed by atoms with E-state index in [1.165, 1.54) is 205 Å². The summed E-state index contributed by atoms with van der Waals surface area (Å²) in [4.78, 5) is 38.1. The Balaban J connectivity index is 4.24. The number of carbonyl (C=O) groups excluding carboxylic acids is 3. The summed E-state index contributed by atoms with van der Waals surface area (Å²) in [6.45, 7) is 13.8. The minimum absolute atomic E-state index is 0.0641. The molecule has 0 aliphatic heterocycles. The van der Waals surface area contributed by atoms with Crippen LogP contribution >= 0.6 is 0 Å². The third-order valence-corrected chi connectivity index (χ3v) is 13.8. The van der Waals surface area contributed by atoms with E-state index in [1.54, 1.807) is 0 Å². The van der Waals surface area contributed by atoms with Gasteiger partial charge >= 0.3 is 17.9 Å². The lowest BCUT2D eigenvalue weighted by atomic mass is 10.00. The molecule has 0 aromatic rings. The average molecular weight is 920 g/mol. The van der Waals surface area contributed by atoms with Crippen LogP contribution in [0.4, 0.5) is 0 Å². The van der Waals surface area contributed by atoms with Crippen LogP contribution in [0.15, 0.2) is 0 Å². The lowest BCUT2D eigenvalue weighted by molar-refractivity contribution is -0.167. The standard InChI is InChI=1S/C59H114O6/c1-7-55(6)47-41-35-31-32-37-43-49-58(61)64-52-56(51-63-57(60)48-42-36-29-25-21-17-14-10-12-16-20-24-28-34-40-46-54(4)5)65-59(62)50-44-38-30-26-22-18-13-9-8-11-15-19-23-27-33-39-45-53(2)3/h53-56H,7-52H2,1-6H3/t55?,56-/m1/s1. The molecule has 386 valence electrons. The van der Waals surface area contributed by atoms with Crippen LogP contribution in [0.5, 0.6) is 0 Å². The van der Waals surface area contributed by atoms with Crippen molar-refractivity contribution in [3.8, 4) is 0 Å². The summed E-state index contributed by atoms with van der Waals surface area (Å²) >= 11 is 0.